The Hall–Kier alpha value is -5.45. The molecule has 0 fully saturated rings. The van der Waals surface area contributed by atoms with Crippen LogP contribution < -0.4 is 0 Å². The summed E-state index contributed by atoms with van der Waals surface area (Å²) in [4.78, 5) is 15.1. The van der Waals surface area contributed by atoms with Gasteiger partial charge in [0, 0.05) is 31.3 Å². The van der Waals surface area contributed by atoms with Crippen LogP contribution in [0.1, 0.15) is 28.1 Å². The summed E-state index contributed by atoms with van der Waals surface area (Å²) in [6.45, 7) is 1.97. The minimum absolute atomic E-state index is 0.474. The number of hydrogen-bond acceptors (Lipinski definition) is 4. The van der Waals surface area contributed by atoms with Gasteiger partial charge in [0.25, 0.3) is 0 Å². The molecule has 0 amide bonds. The summed E-state index contributed by atoms with van der Waals surface area (Å²) in [7, 11) is 0. The summed E-state index contributed by atoms with van der Waals surface area (Å²) < 4.78 is 2.47. The highest BCUT2D eigenvalue weighted by Crippen LogP contribution is 2.58. The van der Waals surface area contributed by atoms with Gasteiger partial charge in [0.1, 0.15) is 5.82 Å². The van der Waals surface area contributed by atoms with Gasteiger partial charge in [-0.05, 0) is 52.4 Å². The van der Waals surface area contributed by atoms with Gasteiger partial charge >= 0.3 is 0 Å². The minimum Gasteiger partial charge on any atom is -0.213 e. The first-order valence-corrected chi connectivity index (χ1v) is 16.0. The Labute approximate surface area is 265 Å². The van der Waals surface area contributed by atoms with Gasteiger partial charge in [-0.15, -0.1) is 11.3 Å². The zero-order chi connectivity index (χ0) is 30.0. The highest BCUT2D eigenvalue weighted by molar-refractivity contribution is 7.26. The van der Waals surface area contributed by atoms with Gasteiger partial charge in [-0.3, -0.25) is 0 Å². The maximum absolute atomic E-state index is 5.22. The zero-order valence-corrected chi connectivity index (χ0v) is 25.4. The number of hydrogen-bond donors (Lipinski definition) is 0. The SMILES string of the molecule is Cc1nc(-c2cccc3c2-c2ccccc2C3(c2ccccc2)c2ccccc2)nc(-c2cccc3c2sc2ccccc23)n1. The monoisotopic (exact) mass is 593 g/mol. The van der Waals surface area contributed by atoms with Gasteiger partial charge in [-0.2, -0.15) is 0 Å². The fourth-order valence-electron chi connectivity index (χ4n) is 7.33. The second-order valence-electron chi connectivity index (χ2n) is 11.6. The van der Waals surface area contributed by atoms with E-state index in [0.717, 1.165) is 11.1 Å². The highest BCUT2D eigenvalue weighted by Gasteiger charge is 2.46. The molecule has 1 aliphatic rings. The van der Waals surface area contributed by atoms with Crippen LogP contribution in [0.2, 0.25) is 0 Å². The average molecular weight is 594 g/mol. The molecule has 6 aromatic carbocycles. The normalized spacial score (nSPS) is 13.2. The third-order valence-corrected chi connectivity index (χ3v) is 10.3. The molecule has 0 radical (unpaired) electrons. The molecule has 2 aromatic heterocycles. The molecule has 0 unspecified atom stereocenters. The highest BCUT2D eigenvalue weighted by atomic mass is 32.1. The Kier molecular flexibility index (Phi) is 5.80. The molecule has 0 aliphatic heterocycles. The first kappa shape index (κ1) is 26.0. The summed E-state index contributed by atoms with van der Waals surface area (Å²) in [5.41, 5.74) is 8.96. The summed E-state index contributed by atoms with van der Waals surface area (Å²) in [6.07, 6.45) is 0. The van der Waals surface area contributed by atoms with E-state index in [2.05, 4.69) is 146 Å². The van der Waals surface area contributed by atoms with Gasteiger partial charge in [0.05, 0.1) is 5.41 Å². The van der Waals surface area contributed by atoms with Gasteiger partial charge in [0.2, 0.25) is 0 Å². The Morgan fingerprint density at radius 3 is 1.80 bits per heavy atom. The lowest BCUT2D eigenvalue weighted by Gasteiger charge is -2.33. The number of benzene rings is 6. The van der Waals surface area contributed by atoms with Crippen LogP contribution in [-0.4, -0.2) is 15.0 Å². The minimum atomic E-state index is -0.474. The van der Waals surface area contributed by atoms with Gasteiger partial charge in [-0.25, -0.2) is 15.0 Å². The van der Waals surface area contributed by atoms with E-state index in [1.165, 1.54) is 53.6 Å². The van der Waals surface area contributed by atoms with Crippen molar-refractivity contribution in [1.82, 2.24) is 15.0 Å². The van der Waals surface area contributed by atoms with Crippen LogP contribution in [0.5, 0.6) is 0 Å². The second kappa shape index (κ2) is 10.0. The van der Waals surface area contributed by atoms with E-state index < -0.39 is 5.41 Å². The van der Waals surface area contributed by atoms with Crippen molar-refractivity contribution >= 4 is 31.5 Å². The quantitative estimate of drug-likeness (QED) is 0.204. The molecule has 0 atom stereocenters. The van der Waals surface area contributed by atoms with Crippen molar-refractivity contribution in [2.75, 3.05) is 0 Å². The van der Waals surface area contributed by atoms with Gasteiger partial charge < -0.3 is 0 Å². The first-order chi connectivity index (χ1) is 22.2. The van der Waals surface area contributed by atoms with E-state index in [4.69, 9.17) is 15.0 Å². The molecule has 0 N–H and O–H groups in total. The Bertz CT molecular complexity index is 2350. The lowest BCUT2D eigenvalue weighted by atomic mass is 9.67. The van der Waals surface area contributed by atoms with Crippen LogP contribution in [0.4, 0.5) is 0 Å². The molecule has 0 saturated heterocycles. The van der Waals surface area contributed by atoms with E-state index in [1.807, 2.05) is 6.92 Å². The molecule has 0 bridgehead atoms. The zero-order valence-electron chi connectivity index (χ0n) is 24.6. The largest absolute Gasteiger partial charge is 0.213 e. The standard InChI is InChI=1S/C41H27N3S/c1-26-42-39(44-40(43-26)33-22-12-20-30-29-18-9-11-25-36(29)45-38(30)33)32-21-13-24-35-37(32)31-19-8-10-23-34(31)41(35,27-14-4-2-5-15-27)28-16-6-3-7-17-28/h2-25H,1H3. The first-order valence-electron chi connectivity index (χ1n) is 15.2. The molecular weight excluding hydrogens is 567 g/mol. The number of aromatic nitrogens is 3. The predicted octanol–water partition coefficient (Wildman–Crippen LogP) is 10.2. The molecule has 9 rings (SSSR count). The summed E-state index contributed by atoms with van der Waals surface area (Å²) in [6, 6.07) is 52.2. The van der Waals surface area contributed by atoms with E-state index in [9.17, 15) is 0 Å². The fourth-order valence-corrected chi connectivity index (χ4v) is 8.54. The van der Waals surface area contributed by atoms with E-state index in [1.54, 1.807) is 11.3 Å². The van der Waals surface area contributed by atoms with Crippen molar-refractivity contribution < 1.29 is 0 Å². The van der Waals surface area contributed by atoms with Gasteiger partial charge in [0.15, 0.2) is 11.6 Å². The molecule has 1 aliphatic carbocycles. The van der Waals surface area contributed by atoms with Crippen LogP contribution in [0, 0.1) is 6.92 Å². The molecule has 3 nitrogen and oxygen atoms in total. The Morgan fingerprint density at radius 2 is 1.02 bits per heavy atom. The van der Waals surface area contributed by atoms with Crippen molar-refractivity contribution in [3.8, 4) is 33.9 Å². The van der Waals surface area contributed by atoms with Crippen molar-refractivity contribution in [2.24, 2.45) is 0 Å². The Balaban J connectivity index is 1.32. The van der Waals surface area contributed by atoms with E-state index in [0.29, 0.717) is 17.5 Å². The predicted molar refractivity (Wildman–Crippen MR) is 186 cm³/mol. The molecule has 8 aromatic rings. The summed E-state index contributed by atoms with van der Waals surface area (Å²) in [5.74, 6) is 2.10. The summed E-state index contributed by atoms with van der Waals surface area (Å²) >= 11 is 1.80. The molecule has 4 heteroatoms. The van der Waals surface area contributed by atoms with Crippen LogP contribution in [-0.2, 0) is 5.41 Å². The van der Waals surface area contributed by atoms with Crippen molar-refractivity contribution in [1.29, 1.82) is 0 Å². The third kappa shape index (κ3) is 3.79. The molecule has 0 spiro atoms. The molecule has 2 heterocycles. The van der Waals surface area contributed by atoms with Crippen LogP contribution in [0.25, 0.3) is 54.1 Å². The lowest BCUT2D eigenvalue weighted by molar-refractivity contribution is 0.768. The maximum Gasteiger partial charge on any atom is 0.165 e. The molecule has 212 valence electrons. The summed E-state index contributed by atoms with van der Waals surface area (Å²) in [5, 5.41) is 2.50. The number of thiophene rings is 1. The number of rotatable bonds is 4. The maximum atomic E-state index is 5.22. The Morgan fingerprint density at radius 1 is 0.467 bits per heavy atom. The molecule has 45 heavy (non-hydrogen) atoms. The van der Waals surface area contributed by atoms with Crippen LogP contribution >= 0.6 is 11.3 Å². The van der Waals surface area contributed by atoms with Gasteiger partial charge in [-0.1, -0.05) is 133 Å². The molecular formula is C41H27N3S. The lowest BCUT2D eigenvalue weighted by Crippen LogP contribution is -2.28. The average Bonchev–Trinajstić information content (AvgIpc) is 3.63. The fraction of sp³-hybridized carbons (Fsp3) is 0.0488. The molecule has 0 saturated carbocycles. The topological polar surface area (TPSA) is 38.7 Å². The second-order valence-corrected chi connectivity index (χ2v) is 12.6. The van der Waals surface area contributed by atoms with E-state index >= 15 is 0 Å². The van der Waals surface area contributed by atoms with Crippen LogP contribution in [0.3, 0.4) is 0 Å². The van der Waals surface area contributed by atoms with Crippen LogP contribution in [0.15, 0.2) is 146 Å². The number of aryl methyl sites for hydroxylation is 1. The van der Waals surface area contributed by atoms with E-state index in [-0.39, 0.29) is 0 Å². The third-order valence-electron chi connectivity index (χ3n) is 9.12. The van der Waals surface area contributed by atoms with Crippen molar-refractivity contribution in [3.05, 3.63) is 174 Å². The number of fused-ring (bicyclic) bond motifs is 6. The van der Waals surface area contributed by atoms with Crippen molar-refractivity contribution in [3.63, 3.8) is 0 Å². The van der Waals surface area contributed by atoms with Crippen molar-refractivity contribution in [2.45, 2.75) is 12.3 Å². The number of nitrogens with zero attached hydrogens (tertiary/aromatic N) is 3. The smallest absolute Gasteiger partial charge is 0.165 e.